The van der Waals surface area contributed by atoms with Gasteiger partial charge < -0.3 is 25.2 Å². The van der Waals surface area contributed by atoms with Crippen LogP contribution in [0.4, 0.5) is 4.79 Å². The Kier molecular flexibility index (Phi) is 4.01. The summed E-state index contributed by atoms with van der Waals surface area (Å²) >= 11 is 0. The molecule has 2 rings (SSSR count). The molecule has 1 amide bonds. The number of carbonyl (C=O) groups excluding carboxylic acids is 1. The molecule has 0 radical (unpaired) electrons. The lowest BCUT2D eigenvalue weighted by Gasteiger charge is -2.44. The summed E-state index contributed by atoms with van der Waals surface area (Å²) in [5.74, 6) is 0. The largest absolute Gasteiger partial charge is 0.444 e. The summed E-state index contributed by atoms with van der Waals surface area (Å²) in [6, 6.07) is 0. The summed E-state index contributed by atoms with van der Waals surface area (Å²) in [5, 5.41) is 10.7. The number of carbonyl (C=O) groups is 1. The van der Waals surface area contributed by atoms with Crippen LogP contribution in [0.3, 0.4) is 0 Å². The number of hydrogen-bond acceptors (Lipinski definition) is 5. The van der Waals surface area contributed by atoms with E-state index >= 15 is 0 Å². The molecule has 0 aromatic carbocycles. The van der Waals surface area contributed by atoms with Crippen LogP contribution in [0.25, 0.3) is 0 Å². The first-order chi connectivity index (χ1) is 9.15. The maximum Gasteiger partial charge on any atom is 0.410 e. The fraction of sp³-hybridized carbons (Fsp3) is 0.929. The number of rotatable bonds is 1. The van der Waals surface area contributed by atoms with Crippen molar-refractivity contribution in [3.05, 3.63) is 0 Å². The van der Waals surface area contributed by atoms with Crippen LogP contribution < -0.4 is 5.73 Å². The van der Waals surface area contributed by atoms with E-state index in [0.29, 0.717) is 32.5 Å². The Hall–Kier alpha value is -0.850. The van der Waals surface area contributed by atoms with Gasteiger partial charge >= 0.3 is 6.09 Å². The van der Waals surface area contributed by atoms with E-state index in [4.69, 9.17) is 15.2 Å². The molecule has 6 nitrogen and oxygen atoms in total. The molecule has 2 heterocycles. The summed E-state index contributed by atoms with van der Waals surface area (Å²) in [7, 11) is 0. The minimum Gasteiger partial charge on any atom is -0.444 e. The molecular formula is C14H26N2O4. The fourth-order valence-corrected chi connectivity index (χ4v) is 2.87. The van der Waals surface area contributed by atoms with E-state index in [0.717, 1.165) is 6.42 Å². The van der Waals surface area contributed by atoms with E-state index < -0.39 is 16.7 Å². The van der Waals surface area contributed by atoms with Crippen molar-refractivity contribution in [2.75, 3.05) is 26.3 Å². The molecule has 0 spiro atoms. The minimum atomic E-state index is -1.05. The molecule has 3 N–H and O–H groups in total. The molecule has 2 fully saturated rings. The van der Waals surface area contributed by atoms with Gasteiger partial charge in [-0.3, -0.25) is 0 Å². The standard InChI is InChI=1S/C14H26N2O4/c1-12(2,3)20-11(17)16-7-6-13(15,9-16)14(18)5-4-8-19-10-14/h18H,4-10,15H2,1-3H3. The SMILES string of the molecule is CC(C)(C)OC(=O)N1CCC(N)(C2(O)CCCOC2)C1. The monoisotopic (exact) mass is 286 g/mol. The summed E-state index contributed by atoms with van der Waals surface area (Å²) in [6.07, 6.45) is 1.60. The van der Waals surface area contributed by atoms with Gasteiger partial charge in [0.15, 0.2) is 0 Å². The number of nitrogens with zero attached hydrogens (tertiary/aromatic N) is 1. The molecule has 0 bridgehead atoms. The summed E-state index contributed by atoms with van der Waals surface area (Å²) in [4.78, 5) is 13.7. The Bertz CT molecular complexity index is 374. The predicted octanol–water partition coefficient (Wildman–Crippen LogP) is 0.866. The van der Waals surface area contributed by atoms with Crippen molar-refractivity contribution in [1.29, 1.82) is 0 Å². The second kappa shape index (κ2) is 5.16. The van der Waals surface area contributed by atoms with Crippen molar-refractivity contribution in [3.8, 4) is 0 Å². The number of nitrogens with two attached hydrogens (primary N) is 1. The van der Waals surface area contributed by atoms with Gasteiger partial charge in [-0.25, -0.2) is 4.79 Å². The zero-order valence-electron chi connectivity index (χ0n) is 12.6. The summed E-state index contributed by atoms with van der Waals surface area (Å²) < 4.78 is 10.7. The zero-order valence-corrected chi connectivity index (χ0v) is 12.6. The Morgan fingerprint density at radius 3 is 2.65 bits per heavy atom. The average molecular weight is 286 g/mol. The van der Waals surface area contributed by atoms with Crippen molar-refractivity contribution < 1.29 is 19.4 Å². The summed E-state index contributed by atoms with van der Waals surface area (Å²) in [6.45, 7) is 7.22. The quantitative estimate of drug-likeness (QED) is 0.747. The second-order valence-corrected chi connectivity index (χ2v) is 7.00. The Labute approximate surface area is 120 Å². The van der Waals surface area contributed by atoms with Gasteiger partial charge in [-0.2, -0.15) is 0 Å². The molecular weight excluding hydrogens is 260 g/mol. The van der Waals surface area contributed by atoms with E-state index in [2.05, 4.69) is 0 Å². The predicted molar refractivity (Wildman–Crippen MR) is 74.3 cm³/mol. The first-order valence-electron chi connectivity index (χ1n) is 7.22. The average Bonchev–Trinajstić information content (AvgIpc) is 2.73. The van der Waals surface area contributed by atoms with Crippen LogP contribution in [0.5, 0.6) is 0 Å². The third-order valence-corrected chi connectivity index (χ3v) is 4.10. The van der Waals surface area contributed by atoms with E-state index in [9.17, 15) is 9.90 Å². The van der Waals surface area contributed by atoms with Gasteiger partial charge in [-0.05, 0) is 40.0 Å². The Balaban J connectivity index is 2.02. The van der Waals surface area contributed by atoms with Gasteiger partial charge in [0, 0.05) is 19.7 Å². The molecule has 2 saturated heterocycles. The molecule has 6 heteroatoms. The number of ether oxygens (including phenoxy) is 2. The van der Waals surface area contributed by atoms with E-state index in [1.54, 1.807) is 4.90 Å². The van der Waals surface area contributed by atoms with Gasteiger partial charge in [0.2, 0.25) is 0 Å². The van der Waals surface area contributed by atoms with Gasteiger partial charge in [0.25, 0.3) is 0 Å². The molecule has 20 heavy (non-hydrogen) atoms. The zero-order chi connectivity index (χ0) is 15.0. The molecule has 2 unspecified atom stereocenters. The van der Waals surface area contributed by atoms with Crippen LogP contribution in [0.1, 0.15) is 40.0 Å². The Morgan fingerprint density at radius 2 is 2.10 bits per heavy atom. The fourth-order valence-electron chi connectivity index (χ4n) is 2.87. The van der Waals surface area contributed by atoms with Crippen LogP contribution in [-0.2, 0) is 9.47 Å². The number of hydrogen-bond donors (Lipinski definition) is 2. The lowest BCUT2D eigenvalue weighted by Crippen LogP contribution is -2.65. The van der Waals surface area contributed by atoms with Crippen molar-refractivity contribution in [2.24, 2.45) is 5.73 Å². The number of amides is 1. The third-order valence-electron chi connectivity index (χ3n) is 4.10. The van der Waals surface area contributed by atoms with Crippen LogP contribution >= 0.6 is 0 Å². The first-order valence-corrected chi connectivity index (χ1v) is 7.22. The van der Waals surface area contributed by atoms with Crippen molar-refractivity contribution in [1.82, 2.24) is 4.90 Å². The Morgan fingerprint density at radius 1 is 1.40 bits per heavy atom. The van der Waals surface area contributed by atoms with Crippen molar-refractivity contribution >= 4 is 6.09 Å². The molecule has 2 aliphatic rings. The minimum absolute atomic E-state index is 0.242. The second-order valence-electron chi connectivity index (χ2n) is 7.00. The topological polar surface area (TPSA) is 85.0 Å². The van der Waals surface area contributed by atoms with Crippen molar-refractivity contribution in [3.63, 3.8) is 0 Å². The summed E-state index contributed by atoms with van der Waals surface area (Å²) in [5.41, 5.74) is 3.99. The molecule has 0 aliphatic carbocycles. The first kappa shape index (κ1) is 15.5. The number of likely N-dealkylation sites (tertiary alicyclic amines) is 1. The molecule has 0 aromatic heterocycles. The number of aliphatic hydroxyl groups is 1. The third kappa shape index (κ3) is 3.07. The maximum absolute atomic E-state index is 12.1. The molecule has 116 valence electrons. The van der Waals surface area contributed by atoms with Crippen molar-refractivity contribution in [2.45, 2.75) is 56.8 Å². The van der Waals surface area contributed by atoms with Crippen LogP contribution in [0.2, 0.25) is 0 Å². The molecule has 0 aromatic rings. The van der Waals surface area contributed by atoms with E-state index in [1.165, 1.54) is 0 Å². The maximum atomic E-state index is 12.1. The van der Waals surface area contributed by atoms with Crippen LogP contribution in [0.15, 0.2) is 0 Å². The van der Waals surface area contributed by atoms with Gasteiger partial charge in [-0.1, -0.05) is 0 Å². The van der Waals surface area contributed by atoms with Crippen LogP contribution in [0, 0.1) is 0 Å². The molecule has 2 atom stereocenters. The lowest BCUT2D eigenvalue weighted by molar-refractivity contribution is -0.126. The van der Waals surface area contributed by atoms with Gasteiger partial charge in [0.1, 0.15) is 11.2 Å². The molecule has 0 saturated carbocycles. The highest BCUT2D eigenvalue weighted by Crippen LogP contribution is 2.36. The highest BCUT2D eigenvalue weighted by molar-refractivity contribution is 5.68. The highest BCUT2D eigenvalue weighted by Gasteiger charge is 2.53. The lowest BCUT2D eigenvalue weighted by atomic mass is 9.76. The van der Waals surface area contributed by atoms with E-state index in [-0.39, 0.29) is 12.7 Å². The highest BCUT2D eigenvalue weighted by atomic mass is 16.6. The van der Waals surface area contributed by atoms with Crippen LogP contribution in [-0.4, -0.2) is 59.1 Å². The smallest absolute Gasteiger partial charge is 0.410 e. The van der Waals surface area contributed by atoms with Gasteiger partial charge in [0.05, 0.1) is 12.1 Å². The van der Waals surface area contributed by atoms with Gasteiger partial charge in [-0.15, -0.1) is 0 Å². The van der Waals surface area contributed by atoms with E-state index in [1.807, 2.05) is 20.8 Å². The molecule has 2 aliphatic heterocycles. The normalized spacial score (nSPS) is 35.1.